The Balaban J connectivity index is 2.08. The van der Waals surface area contributed by atoms with Crippen molar-refractivity contribution >= 4 is 34.2 Å². The number of aromatic nitrogens is 2. The van der Waals surface area contributed by atoms with Gasteiger partial charge in [0.1, 0.15) is 5.76 Å². The average Bonchev–Trinajstić information content (AvgIpc) is 2.86. The van der Waals surface area contributed by atoms with E-state index in [0.29, 0.717) is 10.9 Å². The second kappa shape index (κ2) is 4.76. The highest BCUT2D eigenvalue weighted by atomic mass is 32.2. The summed E-state index contributed by atoms with van der Waals surface area (Å²) in [4.78, 5) is 10.7. The molecule has 17 heavy (non-hydrogen) atoms. The van der Waals surface area contributed by atoms with Crippen LogP contribution < -0.4 is 5.73 Å². The van der Waals surface area contributed by atoms with Crippen LogP contribution in [0.3, 0.4) is 0 Å². The first-order valence-electron chi connectivity index (χ1n) is 4.65. The van der Waals surface area contributed by atoms with E-state index in [9.17, 15) is 4.79 Å². The maximum Gasteiger partial charge on any atom is 0.371 e. The van der Waals surface area contributed by atoms with Crippen LogP contribution in [-0.2, 0) is 0 Å². The number of nitrogens with two attached hydrogens (primary N) is 1. The topological polar surface area (TPSA) is 102 Å². The van der Waals surface area contributed by atoms with Crippen LogP contribution in [0.2, 0.25) is 0 Å². The number of aromatic carboxylic acids is 1. The summed E-state index contributed by atoms with van der Waals surface area (Å²) in [5.41, 5.74) is 5.47. The van der Waals surface area contributed by atoms with Crippen LogP contribution in [0.5, 0.6) is 0 Å². The SMILES string of the molecule is CC(Sc1nnc(N)s1)c1ccc(C(=O)O)o1. The fraction of sp³-hybridized carbons (Fsp3) is 0.222. The first kappa shape index (κ1) is 11.9. The summed E-state index contributed by atoms with van der Waals surface area (Å²) in [6, 6.07) is 3.08. The van der Waals surface area contributed by atoms with Gasteiger partial charge < -0.3 is 15.3 Å². The molecule has 8 heteroatoms. The lowest BCUT2D eigenvalue weighted by atomic mass is 10.3. The number of nitrogens with zero attached hydrogens (tertiary/aromatic N) is 2. The van der Waals surface area contributed by atoms with Crippen molar-refractivity contribution in [1.82, 2.24) is 10.2 Å². The number of hydrogen-bond acceptors (Lipinski definition) is 7. The lowest BCUT2D eigenvalue weighted by Crippen LogP contribution is -1.92. The molecule has 0 aliphatic carbocycles. The molecule has 0 saturated carbocycles. The quantitative estimate of drug-likeness (QED) is 0.822. The first-order chi connectivity index (χ1) is 8.06. The predicted molar refractivity (Wildman–Crippen MR) is 64.3 cm³/mol. The maximum atomic E-state index is 10.7. The van der Waals surface area contributed by atoms with Gasteiger partial charge in [-0.05, 0) is 19.1 Å². The van der Waals surface area contributed by atoms with Gasteiger partial charge in [0.25, 0.3) is 0 Å². The predicted octanol–water partition coefficient (Wildman–Crippen LogP) is 2.26. The first-order valence-corrected chi connectivity index (χ1v) is 6.34. The van der Waals surface area contributed by atoms with Crippen LogP contribution in [-0.4, -0.2) is 21.3 Å². The normalized spacial score (nSPS) is 12.5. The number of carboxylic acid groups (broad SMARTS) is 1. The number of carboxylic acids is 1. The molecule has 0 spiro atoms. The van der Waals surface area contributed by atoms with Gasteiger partial charge in [-0.1, -0.05) is 23.1 Å². The van der Waals surface area contributed by atoms with Gasteiger partial charge >= 0.3 is 5.97 Å². The minimum Gasteiger partial charge on any atom is -0.475 e. The number of nitrogen functional groups attached to an aromatic ring is 1. The number of carbonyl (C=O) groups is 1. The minimum atomic E-state index is -1.08. The Hall–Kier alpha value is -1.54. The highest BCUT2D eigenvalue weighted by Gasteiger charge is 2.16. The van der Waals surface area contributed by atoms with Crippen molar-refractivity contribution < 1.29 is 14.3 Å². The molecule has 0 fully saturated rings. The molecule has 0 aliphatic rings. The molecule has 1 unspecified atom stereocenters. The zero-order valence-electron chi connectivity index (χ0n) is 8.78. The van der Waals surface area contributed by atoms with E-state index in [0.717, 1.165) is 4.34 Å². The number of rotatable bonds is 4. The number of anilines is 1. The van der Waals surface area contributed by atoms with E-state index in [1.165, 1.54) is 29.2 Å². The highest BCUT2D eigenvalue weighted by Crippen LogP contribution is 2.37. The fourth-order valence-electron chi connectivity index (χ4n) is 1.16. The fourth-order valence-corrected chi connectivity index (χ4v) is 3.02. The van der Waals surface area contributed by atoms with Crippen molar-refractivity contribution in [2.45, 2.75) is 16.5 Å². The molecule has 0 amide bonds. The molecule has 1 atom stereocenters. The second-order valence-electron chi connectivity index (χ2n) is 3.17. The molecular formula is C9H9N3O3S2. The maximum absolute atomic E-state index is 10.7. The molecule has 0 aliphatic heterocycles. The molecule has 90 valence electrons. The third-order valence-electron chi connectivity index (χ3n) is 1.94. The average molecular weight is 271 g/mol. The van der Waals surface area contributed by atoms with Gasteiger partial charge in [0.05, 0.1) is 5.25 Å². The Morgan fingerprint density at radius 3 is 2.88 bits per heavy atom. The van der Waals surface area contributed by atoms with Crippen LogP contribution in [0.25, 0.3) is 0 Å². The van der Waals surface area contributed by atoms with Gasteiger partial charge in [-0.3, -0.25) is 0 Å². The summed E-state index contributed by atoms with van der Waals surface area (Å²) < 4.78 is 5.92. The summed E-state index contributed by atoms with van der Waals surface area (Å²) in [7, 11) is 0. The molecular weight excluding hydrogens is 262 g/mol. The largest absolute Gasteiger partial charge is 0.475 e. The van der Waals surface area contributed by atoms with Crippen LogP contribution in [0, 0.1) is 0 Å². The van der Waals surface area contributed by atoms with Crippen molar-refractivity contribution in [2.75, 3.05) is 5.73 Å². The monoisotopic (exact) mass is 271 g/mol. The summed E-state index contributed by atoms with van der Waals surface area (Å²) >= 11 is 2.71. The van der Waals surface area contributed by atoms with Crippen LogP contribution in [0.15, 0.2) is 20.9 Å². The van der Waals surface area contributed by atoms with Crippen LogP contribution >= 0.6 is 23.1 Å². The van der Waals surface area contributed by atoms with E-state index in [1.54, 1.807) is 6.07 Å². The highest BCUT2D eigenvalue weighted by molar-refractivity contribution is 8.01. The minimum absolute atomic E-state index is 0.0459. The number of furan rings is 1. The zero-order valence-corrected chi connectivity index (χ0v) is 10.4. The van der Waals surface area contributed by atoms with Gasteiger partial charge in [-0.25, -0.2) is 4.79 Å². The number of thioether (sulfide) groups is 1. The van der Waals surface area contributed by atoms with Gasteiger partial charge in [-0.15, -0.1) is 10.2 Å². The van der Waals surface area contributed by atoms with Gasteiger partial charge in [-0.2, -0.15) is 0 Å². The molecule has 6 nitrogen and oxygen atoms in total. The van der Waals surface area contributed by atoms with Gasteiger partial charge in [0, 0.05) is 0 Å². The summed E-state index contributed by atoms with van der Waals surface area (Å²) in [6.07, 6.45) is 0. The summed E-state index contributed by atoms with van der Waals surface area (Å²) in [5.74, 6) is -0.556. The Morgan fingerprint density at radius 2 is 2.35 bits per heavy atom. The van der Waals surface area contributed by atoms with Crippen molar-refractivity contribution in [3.8, 4) is 0 Å². The summed E-state index contributed by atoms with van der Waals surface area (Å²) in [6.45, 7) is 1.90. The van der Waals surface area contributed by atoms with E-state index in [-0.39, 0.29) is 11.0 Å². The Labute approximate surface area is 105 Å². The molecule has 2 heterocycles. The van der Waals surface area contributed by atoms with Gasteiger partial charge in [0.2, 0.25) is 10.9 Å². The van der Waals surface area contributed by atoms with Gasteiger partial charge in [0.15, 0.2) is 4.34 Å². The molecule has 2 aromatic rings. The summed E-state index contributed by atoms with van der Waals surface area (Å²) in [5, 5.41) is 16.7. The van der Waals surface area contributed by atoms with Crippen molar-refractivity contribution in [1.29, 1.82) is 0 Å². The van der Waals surface area contributed by atoms with E-state index in [4.69, 9.17) is 15.3 Å². The molecule has 0 aromatic carbocycles. The smallest absolute Gasteiger partial charge is 0.371 e. The Bertz CT molecular complexity index is 537. The molecule has 0 bridgehead atoms. The molecule has 2 rings (SSSR count). The van der Waals surface area contributed by atoms with Crippen LogP contribution in [0.1, 0.15) is 28.5 Å². The third kappa shape index (κ3) is 2.77. The lowest BCUT2D eigenvalue weighted by molar-refractivity contribution is 0.0660. The zero-order chi connectivity index (χ0) is 12.4. The Morgan fingerprint density at radius 1 is 1.59 bits per heavy atom. The Kier molecular flexibility index (Phi) is 3.34. The van der Waals surface area contributed by atoms with E-state index >= 15 is 0 Å². The standard InChI is InChI=1S/C9H9N3O3S2/c1-4(16-9-12-11-8(10)17-9)5-2-3-6(15-5)7(13)14/h2-4H,1H3,(H2,10,11)(H,13,14). The van der Waals surface area contributed by atoms with Crippen molar-refractivity contribution in [3.05, 3.63) is 23.7 Å². The third-order valence-corrected chi connectivity index (χ3v) is 3.89. The molecule has 0 saturated heterocycles. The molecule has 2 aromatic heterocycles. The molecule has 3 N–H and O–H groups in total. The second-order valence-corrected chi connectivity index (χ2v) is 5.77. The van der Waals surface area contributed by atoms with E-state index in [1.807, 2.05) is 6.92 Å². The van der Waals surface area contributed by atoms with Crippen molar-refractivity contribution in [2.24, 2.45) is 0 Å². The number of hydrogen-bond donors (Lipinski definition) is 2. The van der Waals surface area contributed by atoms with Crippen molar-refractivity contribution in [3.63, 3.8) is 0 Å². The lowest BCUT2D eigenvalue weighted by Gasteiger charge is -2.04. The van der Waals surface area contributed by atoms with E-state index in [2.05, 4.69) is 10.2 Å². The van der Waals surface area contributed by atoms with E-state index < -0.39 is 5.97 Å². The van der Waals surface area contributed by atoms with Crippen LogP contribution in [0.4, 0.5) is 5.13 Å². The molecule has 0 radical (unpaired) electrons.